The third-order valence-corrected chi connectivity index (χ3v) is 1.62. The van der Waals surface area contributed by atoms with E-state index in [1.54, 1.807) is 0 Å². The number of amides is 4. The maximum absolute atomic E-state index is 10.9. The standard InChI is InChI=1S/C4H2N4O7/c9-1-4(7(12)13,8(14)15)2(10)6-3(11)5-1/h(H2,5,6,9,10,11). The number of rotatable bonds is 2. The Morgan fingerprint density at radius 1 is 0.933 bits per heavy atom. The van der Waals surface area contributed by atoms with Crippen molar-refractivity contribution in [3.8, 4) is 0 Å². The molecule has 1 saturated heterocycles. The number of hydrogen-bond acceptors (Lipinski definition) is 7. The minimum Gasteiger partial charge on any atom is -0.264 e. The van der Waals surface area contributed by atoms with Crippen LogP contribution in [0, 0.1) is 20.2 Å². The van der Waals surface area contributed by atoms with Gasteiger partial charge in [-0.1, -0.05) is 0 Å². The van der Waals surface area contributed by atoms with Crippen LogP contribution in [0.2, 0.25) is 0 Å². The molecule has 1 aliphatic heterocycles. The van der Waals surface area contributed by atoms with Crippen LogP contribution < -0.4 is 10.6 Å². The minimum atomic E-state index is -3.70. The fourth-order valence-corrected chi connectivity index (χ4v) is 0.913. The summed E-state index contributed by atoms with van der Waals surface area (Å²) in [5.74, 6) is -3.79. The van der Waals surface area contributed by atoms with Crippen LogP contribution in [0.15, 0.2) is 0 Å². The van der Waals surface area contributed by atoms with Crippen LogP contribution in [0.5, 0.6) is 0 Å². The lowest BCUT2D eigenvalue weighted by Crippen LogP contribution is -2.73. The van der Waals surface area contributed by atoms with E-state index in [2.05, 4.69) is 0 Å². The molecular formula is C4H2N4O7. The summed E-state index contributed by atoms with van der Waals surface area (Å²) in [4.78, 5) is 49.8. The molecule has 0 spiro atoms. The second-order valence-corrected chi connectivity index (χ2v) is 2.42. The van der Waals surface area contributed by atoms with Crippen LogP contribution in [0.4, 0.5) is 4.79 Å². The molecule has 0 saturated carbocycles. The van der Waals surface area contributed by atoms with Crippen molar-refractivity contribution < 1.29 is 24.2 Å². The Hall–Kier alpha value is -2.59. The summed E-state index contributed by atoms with van der Waals surface area (Å²) in [6, 6.07) is -1.34. The fraction of sp³-hybridized carbons (Fsp3) is 0.250. The predicted molar refractivity (Wildman–Crippen MR) is 38.4 cm³/mol. The highest BCUT2D eigenvalue weighted by molar-refractivity contribution is 6.20. The van der Waals surface area contributed by atoms with Gasteiger partial charge in [0.15, 0.2) is 0 Å². The summed E-state index contributed by atoms with van der Waals surface area (Å²) >= 11 is 0. The highest BCUT2D eigenvalue weighted by Gasteiger charge is 2.74. The Bertz CT molecular complexity index is 364. The molecule has 1 fully saturated rings. The van der Waals surface area contributed by atoms with Crippen molar-refractivity contribution in [1.29, 1.82) is 0 Å². The average molecular weight is 218 g/mol. The van der Waals surface area contributed by atoms with Crippen LogP contribution in [0.1, 0.15) is 0 Å². The minimum absolute atomic E-state index is 1.27. The molecule has 0 aromatic rings. The van der Waals surface area contributed by atoms with E-state index >= 15 is 0 Å². The van der Waals surface area contributed by atoms with Crippen molar-refractivity contribution in [2.45, 2.75) is 5.66 Å². The second-order valence-electron chi connectivity index (χ2n) is 2.42. The zero-order valence-electron chi connectivity index (χ0n) is 6.75. The van der Waals surface area contributed by atoms with E-state index in [1.165, 1.54) is 10.6 Å². The van der Waals surface area contributed by atoms with Gasteiger partial charge in [0.1, 0.15) is 9.85 Å². The first-order chi connectivity index (χ1) is 6.83. The van der Waals surface area contributed by atoms with Gasteiger partial charge in [0, 0.05) is 0 Å². The van der Waals surface area contributed by atoms with Crippen LogP contribution in [-0.2, 0) is 9.59 Å². The summed E-state index contributed by atoms with van der Waals surface area (Å²) in [5.41, 5.74) is -3.70. The van der Waals surface area contributed by atoms with Crippen molar-refractivity contribution in [2.24, 2.45) is 0 Å². The molecule has 1 aliphatic rings. The summed E-state index contributed by atoms with van der Waals surface area (Å²) in [5, 5.41) is 23.3. The molecule has 0 unspecified atom stereocenters. The van der Waals surface area contributed by atoms with Gasteiger partial charge < -0.3 is 0 Å². The molecule has 0 radical (unpaired) electrons. The topological polar surface area (TPSA) is 162 Å². The normalized spacial score (nSPS) is 19.1. The van der Waals surface area contributed by atoms with Crippen molar-refractivity contribution >= 4 is 17.8 Å². The highest BCUT2D eigenvalue weighted by atomic mass is 16.7. The van der Waals surface area contributed by atoms with E-state index in [9.17, 15) is 34.6 Å². The Morgan fingerprint density at radius 2 is 1.27 bits per heavy atom. The number of hydrogen-bond donors (Lipinski definition) is 2. The summed E-state index contributed by atoms with van der Waals surface area (Å²) in [7, 11) is 0. The first-order valence-corrected chi connectivity index (χ1v) is 3.29. The third kappa shape index (κ3) is 1.17. The van der Waals surface area contributed by atoms with Crippen LogP contribution in [0.25, 0.3) is 0 Å². The lowest BCUT2D eigenvalue weighted by molar-refractivity contribution is -0.756. The SMILES string of the molecule is O=C1NC(=O)C([N+](=O)[O-])([N+](=O)[O-])C(=O)N1. The predicted octanol–water partition coefficient (Wildman–Crippen LogP) is -2.40. The molecule has 80 valence electrons. The quantitative estimate of drug-likeness (QED) is 0.226. The number of barbiturate groups is 1. The molecule has 11 heteroatoms. The van der Waals surface area contributed by atoms with E-state index in [4.69, 9.17) is 0 Å². The lowest BCUT2D eigenvalue weighted by atomic mass is 10.1. The van der Waals surface area contributed by atoms with Crippen molar-refractivity contribution in [3.63, 3.8) is 0 Å². The molecule has 11 nitrogen and oxygen atoms in total. The Balaban J connectivity index is 3.34. The molecule has 15 heavy (non-hydrogen) atoms. The van der Waals surface area contributed by atoms with E-state index in [-0.39, 0.29) is 0 Å². The number of carbonyl (C=O) groups excluding carboxylic acids is 3. The molecule has 2 N–H and O–H groups in total. The van der Waals surface area contributed by atoms with Gasteiger partial charge in [-0.3, -0.25) is 40.5 Å². The second kappa shape index (κ2) is 2.97. The summed E-state index contributed by atoms with van der Waals surface area (Å²) in [6.07, 6.45) is 0. The first-order valence-electron chi connectivity index (χ1n) is 3.29. The maximum atomic E-state index is 10.9. The lowest BCUT2D eigenvalue weighted by Gasteiger charge is -2.18. The van der Waals surface area contributed by atoms with Crippen LogP contribution in [-0.4, -0.2) is 33.4 Å². The Labute approximate surface area is 79.7 Å². The van der Waals surface area contributed by atoms with Crippen molar-refractivity contribution in [3.05, 3.63) is 20.2 Å². The number of imide groups is 2. The van der Waals surface area contributed by atoms with Crippen molar-refractivity contribution in [1.82, 2.24) is 10.6 Å². The average Bonchev–Trinajstić information content (AvgIpc) is 2.00. The molecule has 0 aromatic carbocycles. The first kappa shape index (κ1) is 10.5. The van der Waals surface area contributed by atoms with Crippen LogP contribution >= 0.6 is 0 Å². The van der Waals surface area contributed by atoms with Gasteiger partial charge in [0.05, 0.1) is 0 Å². The Morgan fingerprint density at radius 3 is 1.53 bits per heavy atom. The van der Waals surface area contributed by atoms with Gasteiger partial charge >= 0.3 is 23.5 Å². The fourth-order valence-electron chi connectivity index (χ4n) is 0.913. The smallest absolute Gasteiger partial charge is 0.264 e. The molecule has 0 bridgehead atoms. The summed E-state index contributed by atoms with van der Waals surface area (Å²) < 4.78 is 0. The van der Waals surface area contributed by atoms with Gasteiger partial charge in [-0.25, -0.2) is 4.79 Å². The number of nitro groups is 2. The molecule has 4 amide bonds. The molecule has 0 atom stereocenters. The number of carbonyl (C=O) groups is 3. The van der Waals surface area contributed by atoms with Crippen molar-refractivity contribution in [2.75, 3.05) is 0 Å². The van der Waals surface area contributed by atoms with E-state index < -0.39 is 33.4 Å². The Kier molecular flexibility index (Phi) is 2.08. The van der Waals surface area contributed by atoms with E-state index in [0.29, 0.717) is 0 Å². The molecule has 1 rings (SSSR count). The zero-order valence-corrected chi connectivity index (χ0v) is 6.75. The van der Waals surface area contributed by atoms with Gasteiger partial charge in [-0.05, 0) is 0 Å². The number of urea groups is 1. The molecular weight excluding hydrogens is 216 g/mol. The zero-order chi connectivity index (χ0) is 11.8. The van der Waals surface area contributed by atoms with Gasteiger partial charge in [0.25, 0.3) is 0 Å². The van der Waals surface area contributed by atoms with E-state index in [0.717, 1.165) is 0 Å². The largest absolute Gasteiger partial charge is 0.613 e. The van der Waals surface area contributed by atoms with Crippen LogP contribution in [0.3, 0.4) is 0 Å². The maximum Gasteiger partial charge on any atom is 0.613 e. The number of nitrogens with zero attached hydrogens (tertiary/aromatic N) is 2. The van der Waals surface area contributed by atoms with Gasteiger partial charge in [-0.15, -0.1) is 0 Å². The van der Waals surface area contributed by atoms with Gasteiger partial charge in [-0.2, -0.15) is 0 Å². The highest BCUT2D eigenvalue weighted by Crippen LogP contribution is 2.14. The third-order valence-electron chi connectivity index (χ3n) is 1.62. The molecule has 0 aliphatic carbocycles. The monoisotopic (exact) mass is 218 g/mol. The molecule has 0 aromatic heterocycles. The van der Waals surface area contributed by atoms with Gasteiger partial charge in [0.2, 0.25) is 0 Å². The van der Waals surface area contributed by atoms with E-state index in [1.807, 2.05) is 0 Å². The molecule has 1 heterocycles. The summed E-state index contributed by atoms with van der Waals surface area (Å²) in [6.45, 7) is 0. The number of nitrogens with one attached hydrogen (secondary N) is 2.